The van der Waals surface area contributed by atoms with Gasteiger partial charge < -0.3 is 5.32 Å². The van der Waals surface area contributed by atoms with E-state index < -0.39 is 0 Å². The van der Waals surface area contributed by atoms with Gasteiger partial charge in [-0.25, -0.2) is 0 Å². The van der Waals surface area contributed by atoms with E-state index in [1.807, 2.05) is 13.8 Å². The van der Waals surface area contributed by atoms with Crippen molar-refractivity contribution < 1.29 is 9.59 Å². The quantitative estimate of drug-likeness (QED) is 0.671. The molecular formula is C16H32N2O2. The lowest BCUT2D eigenvalue weighted by Crippen LogP contribution is -2.49. The average Bonchev–Trinajstić information content (AvgIpc) is 2.39. The van der Waals surface area contributed by atoms with Crippen LogP contribution in [0.25, 0.3) is 0 Å². The fourth-order valence-corrected chi connectivity index (χ4v) is 2.22. The summed E-state index contributed by atoms with van der Waals surface area (Å²) in [5.41, 5.74) is 0. The van der Waals surface area contributed by atoms with E-state index in [2.05, 4.69) is 31.0 Å². The Labute approximate surface area is 124 Å². The second-order valence-electron chi connectivity index (χ2n) is 5.98. The Morgan fingerprint density at radius 2 is 1.75 bits per heavy atom. The van der Waals surface area contributed by atoms with Gasteiger partial charge in [0.05, 0.1) is 12.6 Å². The summed E-state index contributed by atoms with van der Waals surface area (Å²) in [5, 5.41) is 2.87. The zero-order valence-corrected chi connectivity index (χ0v) is 14.0. The van der Waals surface area contributed by atoms with Gasteiger partial charge in [0.25, 0.3) is 0 Å². The van der Waals surface area contributed by atoms with Gasteiger partial charge in [-0.2, -0.15) is 0 Å². The molecule has 0 aromatic heterocycles. The minimum Gasteiger partial charge on any atom is -0.345 e. The molecule has 118 valence electrons. The van der Waals surface area contributed by atoms with Crippen molar-refractivity contribution in [2.24, 2.45) is 5.92 Å². The maximum absolute atomic E-state index is 12.2. The topological polar surface area (TPSA) is 49.4 Å². The minimum atomic E-state index is -0.368. The van der Waals surface area contributed by atoms with Gasteiger partial charge in [-0.15, -0.1) is 0 Å². The number of carbonyl (C=O) groups excluding carboxylic acids is 2. The third-order valence-corrected chi connectivity index (χ3v) is 3.78. The molecule has 0 heterocycles. The number of hydrogen-bond acceptors (Lipinski definition) is 3. The predicted molar refractivity (Wildman–Crippen MR) is 83.7 cm³/mol. The van der Waals surface area contributed by atoms with Crippen molar-refractivity contribution in [3.05, 3.63) is 0 Å². The number of carbonyl (C=O) groups is 2. The number of unbranched alkanes of at least 4 members (excludes halogenated alkanes) is 1. The largest absolute Gasteiger partial charge is 0.345 e. The third kappa shape index (κ3) is 7.04. The normalized spacial score (nSPS) is 14.4. The van der Waals surface area contributed by atoms with Crippen LogP contribution in [0.15, 0.2) is 0 Å². The molecule has 2 atom stereocenters. The molecule has 2 unspecified atom stereocenters. The summed E-state index contributed by atoms with van der Waals surface area (Å²) in [6.45, 7) is 13.2. The van der Waals surface area contributed by atoms with E-state index in [-0.39, 0.29) is 23.7 Å². The van der Waals surface area contributed by atoms with E-state index in [9.17, 15) is 9.59 Å². The molecule has 4 nitrogen and oxygen atoms in total. The van der Waals surface area contributed by atoms with Crippen molar-refractivity contribution >= 4 is 11.7 Å². The van der Waals surface area contributed by atoms with Gasteiger partial charge in [-0.3, -0.25) is 14.5 Å². The first-order valence-electron chi connectivity index (χ1n) is 7.87. The Morgan fingerprint density at radius 1 is 1.15 bits per heavy atom. The van der Waals surface area contributed by atoms with Crippen molar-refractivity contribution in [2.75, 3.05) is 13.1 Å². The van der Waals surface area contributed by atoms with Crippen LogP contribution in [0, 0.1) is 5.92 Å². The molecule has 0 aliphatic rings. The summed E-state index contributed by atoms with van der Waals surface area (Å²) < 4.78 is 0. The molecule has 0 bridgehead atoms. The average molecular weight is 284 g/mol. The summed E-state index contributed by atoms with van der Waals surface area (Å²) in [6, 6.07) is 0.0228. The molecule has 0 aromatic rings. The van der Waals surface area contributed by atoms with Gasteiger partial charge in [-0.05, 0) is 39.2 Å². The van der Waals surface area contributed by atoms with Crippen molar-refractivity contribution in [2.45, 2.75) is 72.9 Å². The molecular weight excluding hydrogens is 252 g/mol. The van der Waals surface area contributed by atoms with Crippen molar-refractivity contribution in [3.8, 4) is 0 Å². The Bertz CT molecular complexity index is 303. The molecule has 0 saturated carbocycles. The number of nitrogens with zero attached hydrogens (tertiary/aromatic N) is 1. The Kier molecular flexibility index (Phi) is 9.47. The molecule has 0 aliphatic carbocycles. The van der Waals surface area contributed by atoms with Crippen LogP contribution >= 0.6 is 0 Å². The number of nitrogens with one attached hydrogen (secondary N) is 1. The Balaban J connectivity index is 4.54. The molecule has 1 amide bonds. The van der Waals surface area contributed by atoms with Gasteiger partial charge in [0, 0.05) is 6.04 Å². The second-order valence-corrected chi connectivity index (χ2v) is 5.98. The zero-order valence-electron chi connectivity index (χ0n) is 14.0. The number of amides is 1. The van der Waals surface area contributed by atoms with Gasteiger partial charge in [0.1, 0.15) is 0 Å². The summed E-state index contributed by atoms with van der Waals surface area (Å²) in [7, 11) is 0. The number of hydrogen-bond donors (Lipinski definition) is 1. The smallest absolute Gasteiger partial charge is 0.234 e. The molecule has 20 heavy (non-hydrogen) atoms. The first-order chi connectivity index (χ1) is 9.33. The number of rotatable bonds is 10. The lowest BCUT2D eigenvalue weighted by molar-refractivity contribution is -0.128. The molecule has 0 rings (SSSR count). The van der Waals surface area contributed by atoms with Crippen LogP contribution in [0.5, 0.6) is 0 Å². The fourth-order valence-electron chi connectivity index (χ4n) is 2.22. The second kappa shape index (κ2) is 9.92. The predicted octanol–water partition coefficient (Wildman–Crippen LogP) is 2.62. The van der Waals surface area contributed by atoms with Crippen LogP contribution in [0.2, 0.25) is 0 Å². The standard InChI is InChI=1S/C16H32N2O2/c1-7-9-10-18(13(5)8-2)11-15(20)17-16(12(3)4)14(6)19/h12-13,16H,7-11H2,1-6H3,(H,17,20). The van der Waals surface area contributed by atoms with Crippen LogP contribution in [0.3, 0.4) is 0 Å². The fraction of sp³-hybridized carbons (Fsp3) is 0.875. The van der Waals surface area contributed by atoms with E-state index in [0.717, 1.165) is 25.8 Å². The van der Waals surface area contributed by atoms with Crippen LogP contribution in [0.4, 0.5) is 0 Å². The van der Waals surface area contributed by atoms with Crippen molar-refractivity contribution in [1.29, 1.82) is 0 Å². The highest BCUT2D eigenvalue weighted by molar-refractivity contribution is 5.88. The van der Waals surface area contributed by atoms with E-state index in [4.69, 9.17) is 0 Å². The molecule has 0 aromatic carbocycles. The van der Waals surface area contributed by atoms with Crippen molar-refractivity contribution in [3.63, 3.8) is 0 Å². The highest BCUT2D eigenvalue weighted by atomic mass is 16.2. The van der Waals surface area contributed by atoms with E-state index in [1.54, 1.807) is 0 Å². The first kappa shape index (κ1) is 19.1. The van der Waals surface area contributed by atoms with Crippen LogP contribution < -0.4 is 5.32 Å². The lowest BCUT2D eigenvalue weighted by Gasteiger charge is -2.29. The lowest BCUT2D eigenvalue weighted by atomic mass is 10.0. The molecule has 4 heteroatoms. The van der Waals surface area contributed by atoms with Crippen LogP contribution in [0.1, 0.15) is 60.8 Å². The molecule has 0 saturated heterocycles. The molecule has 1 N–H and O–H groups in total. The van der Waals surface area contributed by atoms with Gasteiger partial charge in [-0.1, -0.05) is 34.1 Å². The third-order valence-electron chi connectivity index (χ3n) is 3.78. The van der Waals surface area contributed by atoms with E-state index in [1.165, 1.54) is 6.92 Å². The summed E-state index contributed by atoms with van der Waals surface area (Å²) >= 11 is 0. The Morgan fingerprint density at radius 3 is 2.15 bits per heavy atom. The first-order valence-corrected chi connectivity index (χ1v) is 7.87. The minimum absolute atomic E-state index is 0.0250. The van der Waals surface area contributed by atoms with Crippen molar-refractivity contribution in [1.82, 2.24) is 10.2 Å². The highest BCUT2D eigenvalue weighted by Crippen LogP contribution is 2.07. The zero-order chi connectivity index (χ0) is 15.7. The van der Waals surface area contributed by atoms with Crippen LogP contribution in [-0.2, 0) is 9.59 Å². The summed E-state index contributed by atoms with van der Waals surface area (Å²) in [5.74, 6) is 0.108. The van der Waals surface area contributed by atoms with Gasteiger partial charge in [0.2, 0.25) is 5.91 Å². The molecule has 0 radical (unpaired) electrons. The number of Topliss-reactive ketones (excluding diaryl/α,β-unsaturated/α-hetero) is 1. The summed E-state index contributed by atoms with van der Waals surface area (Å²) in [6.07, 6.45) is 3.24. The summed E-state index contributed by atoms with van der Waals surface area (Å²) in [4.78, 5) is 25.9. The van der Waals surface area contributed by atoms with Crippen LogP contribution in [-0.4, -0.2) is 41.8 Å². The van der Waals surface area contributed by atoms with E-state index in [0.29, 0.717) is 12.6 Å². The Hall–Kier alpha value is -0.900. The molecule has 0 fully saturated rings. The number of ketones is 1. The monoisotopic (exact) mass is 284 g/mol. The van der Waals surface area contributed by atoms with Gasteiger partial charge >= 0.3 is 0 Å². The van der Waals surface area contributed by atoms with E-state index >= 15 is 0 Å². The van der Waals surface area contributed by atoms with Gasteiger partial charge in [0.15, 0.2) is 5.78 Å². The molecule has 0 spiro atoms. The highest BCUT2D eigenvalue weighted by Gasteiger charge is 2.22. The maximum Gasteiger partial charge on any atom is 0.234 e. The molecule has 0 aliphatic heterocycles. The SMILES string of the molecule is CCCCN(CC(=O)NC(C(C)=O)C(C)C)C(C)CC. The maximum atomic E-state index is 12.2.